The second-order valence-corrected chi connectivity index (χ2v) is 5.71. The van der Waals surface area contributed by atoms with Gasteiger partial charge in [-0.25, -0.2) is 9.48 Å². The molecule has 0 saturated carbocycles. The van der Waals surface area contributed by atoms with Gasteiger partial charge in [0, 0.05) is 20.1 Å². The normalized spacial score (nSPS) is 11.0. The summed E-state index contributed by atoms with van der Waals surface area (Å²) in [5, 5.41) is 18.2. The summed E-state index contributed by atoms with van der Waals surface area (Å²) in [6.07, 6.45) is 0.770. The van der Waals surface area contributed by atoms with Crippen LogP contribution in [0.2, 0.25) is 0 Å². The summed E-state index contributed by atoms with van der Waals surface area (Å²) in [4.78, 5) is 12.0. The van der Waals surface area contributed by atoms with Crippen LogP contribution >= 0.6 is 0 Å². The summed E-state index contributed by atoms with van der Waals surface area (Å²) in [6.45, 7) is 5.05. The van der Waals surface area contributed by atoms with Crippen LogP contribution in [0.5, 0.6) is 0 Å². The molecule has 8 nitrogen and oxygen atoms in total. The number of urea groups is 1. The first kappa shape index (κ1) is 16.0. The molecule has 2 amide bonds. The number of nitrogens with zero attached hydrogens (tertiary/aromatic N) is 5. The summed E-state index contributed by atoms with van der Waals surface area (Å²) in [7, 11) is 1.86. The first-order valence-corrected chi connectivity index (χ1v) is 7.89. The van der Waals surface area contributed by atoms with E-state index in [0.717, 1.165) is 34.5 Å². The Morgan fingerprint density at radius 1 is 1.25 bits per heavy atom. The van der Waals surface area contributed by atoms with Crippen molar-refractivity contribution >= 4 is 22.8 Å². The number of fused-ring (bicyclic) bond motifs is 1. The smallest absolute Gasteiger partial charge is 0.319 e. The van der Waals surface area contributed by atoms with Gasteiger partial charge >= 0.3 is 6.03 Å². The lowest BCUT2D eigenvalue weighted by atomic mass is 10.3. The van der Waals surface area contributed by atoms with Crippen molar-refractivity contribution in [3.63, 3.8) is 0 Å². The van der Waals surface area contributed by atoms with Crippen molar-refractivity contribution in [1.82, 2.24) is 30.1 Å². The molecule has 126 valence electrons. The molecule has 3 aromatic rings. The minimum absolute atomic E-state index is 0.224. The summed E-state index contributed by atoms with van der Waals surface area (Å²) >= 11 is 0. The second kappa shape index (κ2) is 6.69. The van der Waals surface area contributed by atoms with E-state index in [9.17, 15) is 4.79 Å². The molecule has 2 N–H and O–H groups in total. The standard InChI is InChI=1S/C16H21N7O/c1-11-15(12(2)22(3)20-11)18-16(24)17-9-6-10-23-14-8-5-4-7-13(14)19-21-23/h4-5,7-8H,6,9-10H2,1-3H3,(H2,17,18,24). The van der Waals surface area contributed by atoms with Crippen LogP contribution in [0.25, 0.3) is 11.0 Å². The fraction of sp³-hybridized carbons (Fsp3) is 0.375. The molecule has 2 heterocycles. The number of hydrogen-bond acceptors (Lipinski definition) is 4. The average Bonchev–Trinajstić information content (AvgIpc) is 3.08. The predicted octanol–water partition coefficient (Wildman–Crippen LogP) is 1.99. The molecule has 0 atom stereocenters. The van der Waals surface area contributed by atoms with E-state index in [2.05, 4.69) is 26.0 Å². The zero-order valence-corrected chi connectivity index (χ0v) is 14.1. The Morgan fingerprint density at radius 2 is 2.04 bits per heavy atom. The SMILES string of the molecule is Cc1nn(C)c(C)c1NC(=O)NCCCn1nnc2ccccc21. The third kappa shape index (κ3) is 3.22. The van der Waals surface area contributed by atoms with Crippen LogP contribution in [0.3, 0.4) is 0 Å². The summed E-state index contributed by atoms with van der Waals surface area (Å²) in [5.41, 5.74) is 4.38. The average molecular weight is 327 g/mol. The Bertz CT molecular complexity index is 865. The Kier molecular flexibility index (Phi) is 4.45. The topological polar surface area (TPSA) is 89.7 Å². The van der Waals surface area contributed by atoms with Crippen molar-refractivity contribution in [3.05, 3.63) is 35.7 Å². The maximum atomic E-state index is 12.0. The van der Waals surface area contributed by atoms with Gasteiger partial charge in [-0.3, -0.25) is 4.68 Å². The first-order chi connectivity index (χ1) is 11.6. The number of nitrogens with one attached hydrogen (secondary N) is 2. The predicted molar refractivity (Wildman–Crippen MR) is 91.8 cm³/mol. The Balaban J connectivity index is 1.49. The molecule has 24 heavy (non-hydrogen) atoms. The summed E-state index contributed by atoms with van der Waals surface area (Å²) < 4.78 is 3.60. The molecule has 8 heteroatoms. The highest BCUT2D eigenvalue weighted by Gasteiger charge is 2.12. The number of para-hydroxylation sites is 1. The van der Waals surface area contributed by atoms with Gasteiger partial charge in [0.05, 0.1) is 22.6 Å². The van der Waals surface area contributed by atoms with E-state index in [4.69, 9.17) is 0 Å². The van der Waals surface area contributed by atoms with Crippen LogP contribution in [0.15, 0.2) is 24.3 Å². The fourth-order valence-corrected chi connectivity index (χ4v) is 2.63. The van der Waals surface area contributed by atoms with Crippen LogP contribution in [0.1, 0.15) is 17.8 Å². The van der Waals surface area contributed by atoms with Crippen LogP contribution in [-0.2, 0) is 13.6 Å². The van der Waals surface area contributed by atoms with Gasteiger partial charge in [-0.15, -0.1) is 5.10 Å². The molecule has 1 aromatic carbocycles. The van der Waals surface area contributed by atoms with Gasteiger partial charge < -0.3 is 10.6 Å². The highest BCUT2D eigenvalue weighted by Crippen LogP contribution is 2.17. The Morgan fingerprint density at radius 3 is 2.79 bits per heavy atom. The van der Waals surface area contributed by atoms with Crippen molar-refractivity contribution in [3.8, 4) is 0 Å². The number of hydrogen-bond donors (Lipinski definition) is 2. The number of aromatic nitrogens is 5. The number of amides is 2. The van der Waals surface area contributed by atoms with Gasteiger partial charge in [-0.1, -0.05) is 17.3 Å². The molecule has 0 fully saturated rings. The van der Waals surface area contributed by atoms with Gasteiger partial charge in [0.15, 0.2) is 0 Å². The second-order valence-electron chi connectivity index (χ2n) is 5.71. The molecule has 3 rings (SSSR count). The van der Waals surface area contributed by atoms with Crippen molar-refractivity contribution in [2.24, 2.45) is 7.05 Å². The molecular formula is C16H21N7O. The maximum absolute atomic E-state index is 12.0. The van der Waals surface area contributed by atoms with Crippen molar-refractivity contribution < 1.29 is 4.79 Å². The first-order valence-electron chi connectivity index (χ1n) is 7.89. The fourth-order valence-electron chi connectivity index (χ4n) is 2.63. The molecule has 0 spiro atoms. The van der Waals surface area contributed by atoms with E-state index in [0.29, 0.717) is 13.1 Å². The molecule has 0 saturated heterocycles. The van der Waals surface area contributed by atoms with E-state index in [1.165, 1.54) is 0 Å². The van der Waals surface area contributed by atoms with Gasteiger partial charge in [-0.2, -0.15) is 5.10 Å². The van der Waals surface area contributed by atoms with Gasteiger partial charge in [-0.05, 0) is 32.4 Å². The van der Waals surface area contributed by atoms with Crippen LogP contribution in [0, 0.1) is 13.8 Å². The molecule has 2 aromatic heterocycles. The van der Waals surface area contributed by atoms with Crippen LogP contribution < -0.4 is 10.6 Å². The molecule has 0 bridgehead atoms. The largest absolute Gasteiger partial charge is 0.338 e. The number of carbonyl (C=O) groups excluding carboxylic acids is 1. The van der Waals surface area contributed by atoms with Crippen molar-refractivity contribution in [2.45, 2.75) is 26.8 Å². The molecule has 0 radical (unpaired) electrons. The summed E-state index contributed by atoms with van der Waals surface area (Å²) in [5.74, 6) is 0. The van der Waals surface area contributed by atoms with Crippen LogP contribution in [0.4, 0.5) is 10.5 Å². The number of carbonyl (C=O) groups is 1. The lowest BCUT2D eigenvalue weighted by Gasteiger charge is -2.08. The van der Waals surface area contributed by atoms with E-state index >= 15 is 0 Å². The minimum atomic E-state index is -0.224. The zero-order valence-electron chi connectivity index (χ0n) is 14.1. The highest BCUT2D eigenvalue weighted by molar-refractivity contribution is 5.90. The molecular weight excluding hydrogens is 306 g/mol. The summed E-state index contributed by atoms with van der Waals surface area (Å²) in [6, 6.07) is 7.60. The number of benzene rings is 1. The number of rotatable bonds is 5. The quantitative estimate of drug-likeness (QED) is 0.701. The van der Waals surface area contributed by atoms with Gasteiger partial charge in [0.1, 0.15) is 5.52 Å². The highest BCUT2D eigenvalue weighted by atomic mass is 16.2. The maximum Gasteiger partial charge on any atom is 0.319 e. The third-order valence-corrected chi connectivity index (χ3v) is 4.00. The molecule has 0 aliphatic carbocycles. The van der Waals surface area contributed by atoms with Crippen molar-refractivity contribution in [2.75, 3.05) is 11.9 Å². The molecule has 0 unspecified atom stereocenters. The van der Waals surface area contributed by atoms with Gasteiger partial charge in [0.2, 0.25) is 0 Å². The van der Waals surface area contributed by atoms with E-state index in [-0.39, 0.29) is 6.03 Å². The minimum Gasteiger partial charge on any atom is -0.338 e. The number of aryl methyl sites for hydroxylation is 3. The van der Waals surface area contributed by atoms with Crippen molar-refractivity contribution in [1.29, 1.82) is 0 Å². The molecule has 0 aliphatic rings. The number of anilines is 1. The lowest BCUT2D eigenvalue weighted by Crippen LogP contribution is -2.30. The van der Waals surface area contributed by atoms with Crippen LogP contribution in [-0.4, -0.2) is 37.4 Å². The zero-order chi connectivity index (χ0) is 17.1. The monoisotopic (exact) mass is 327 g/mol. The Labute approximate surface area is 139 Å². The Hall–Kier alpha value is -2.90. The third-order valence-electron chi connectivity index (χ3n) is 4.00. The lowest BCUT2D eigenvalue weighted by molar-refractivity contribution is 0.251. The van der Waals surface area contributed by atoms with Gasteiger partial charge in [0.25, 0.3) is 0 Å². The van der Waals surface area contributed by atoms with E-state index in [1.54, 1.807) is 4.68 Å². The van der Waals surface area contributed by atoms with E-state index in [1.807, 2.05) is 49.8 Å². The van der Waals surface area contributed by atoms with E-state index < -0.39 is 0 Å². The molecule has 0 aliphatic heterocycles.